The first-order chi connectivity index (χ1) is 16.9. The van der Waals surface area contributed by atoms with Crippen molar-refractivity contribution in [3.63, 3.8) is 0 Å². The molecule has 1 N–H and O–H groups in total. The number of carbonyl (C=O) groups excluding carboxylic acids is 2. The second-order valence-corrected chi connectivity index (χ2v) is 10.2. The van der Waals surface area contributed by atoms with Gasteiger partial charge in [0.15, 0.2) is 5.78 Å². The SMILES string of the molecule is COc1ccccc1C1C2=C(CC(C)(C)CC2=O)Nc2ccccc2N1CC(=O)N1CCOCC1. The molecule has 1 saturated heterocycles. The molecule has 0 spiro atoms. The zero-order valence-corrected chi connectivity index (χ0v) is 20.7. The molecule has 2 heterocycles. The first-order valence-corrected chi connectivity index (χ1v) is 12.3. The van der Waals surface area contributed by atoms with Crippen LogP contribution in [-0.2, 0) is 14.3 Å². The molecule has 7 nitrogen and oxygen atoms in total. The van der Waals surface area contributed by atoms with Crippen LogP contribution in [0, 0.1) is 5.41 Å². The van der Waals surface area contributed by atoms with Crippen molar-refractivity contribution in [2.75, 3.05) is 50.2 Å². The third kappa shape index (κ3) is 4.52. The minimum absolute atomic E-state index is 0.0237. The van der Waals surface area contributed by atoms with Crippen LogP contribution in [0.2, 0.25) is 0 Å². The van der Waals surface area contributed by atoms with Crippen LogP contribution in [0.4, 0.5) is 11.4 Å². The fourth-order valence-electron chi connectivity index (χ4n) is 5.50. The number of benzene rings is 2. The van der Waals surface area contributed by atoms with Gasteiger partial charge in [0, 0.05) is 36.3 Å². The normalized spacial score (nSPS) is 21.6. The number of ether oxygens (including phenoxy) is 2. The number of methoxy groups -OCH3 is 1. The summed E-state index contributed by atoms with van der Waals surface area (Å²) in [6, 6.07) is 15.3. The van der Waals surface area contributed by atoms with Gasteiger partial charge < -0.3 is 24.6 Å². The molecule has 3 aliphatic rings. The summed E-state index contributed by atoms with van der Waals surface area (Å²) in [4.78, 5) is 31.3. The lowest BCUT2D eigenvalue weighted by molar-refractivity contribution is -0.133. The number of hydrogen-bond donors (Lipinski definition) is 1. The van der Waals surface area contributed by atoms with Gasteiger partial charge >= 0.3 is 0 Å². The topological polar surface area (TPSA) is 71.1 Å². The molecule has 2 aromatic rings. The Morgan fingerprint density at radius 1 is 1.09 bits per heavy atom. The van der Waals surface area contributed by atoms with Gasteiger partial charge in [-0.2, -0.15) is 0 Å². The molecule has 0 radical (unpaired) electrons. The summed E-state index contributed by atoms with van der Waals surface area (Å²) in [5.41, 5.74) is 4.17. The molecule has 1 unspecified atom stereocenters. The Balaban J connectivity index is 1.69. The van der Waals surface area contributed by atoms with Crippen LogP contribution >= 0.6 is 0 Å². The molecule has 2 aliphatic heterocycles. The molecule has 0 aromatic heterocycles. The lowest BCUT2D eigenvalue weighted by atomic mass is 9.73. The summed E-state index contributed by atoms with van der Waals surface area (Å²) < 4.78 is 11.2. The number of para-hydroxylation sites is 3. The minimum Gasteiger partial charge on any atom is -0.496 e. The second-order valence-electron chi connectivity index (χ2n) is 10.2. The maximum absolute atomic E-state index is 13.8. The summed E-state index contributed by atoms with van der Waals surface area (Å²) in [7, 11) is 1.64. The van der Waals surface area contributed by atoms with Crippen molar-refractivity contribution >= 4 is 23.1 Å². The van der Waals surface area contributed by atoms with Gasteiger partial charge in [-0.15, -0.1) is 0 Å². The molecule has 1 fully saturated rings. The van der Waals surface area contributed by atoms with Crippen LogP contribution in [-0.4, -0.2) is 56.5 Å². The highest BCUT2D eigenvalue weighted by molar-refractivity contribution is 6.02. The van der Waals surface area contributed by atoms with E-state index in [0.29, 0.717) is 38.5 Å². The van der Waals surface area contributed by atoms with E-state index in [2.05, 4.69) is 24.1 Å². The third-order valence-electron chi connectivity index (χ3n) is 7.11. The zero-order chi connectivity index (χ0) is 24.6. The van der Waals surface area contributed by atoms with Crippen molar-refractivity contribution in [1.29, 1.82) is 0 Å². The van der Waals surface area contributed by atoms with Crippen molar-refractivity contribution in [3.05, 3.63) is 65.4 Å². The Morgan fingerprint density at radius 2 is 1.80 bits per heavy atom. The largest absolute Gasteiger partial charge is 0.496 e. The fraction of sp³-hybridized carbons (Fsp3) is 0.429. The van der Waals surface area contributed by atoms with Crippen molar-refractivity contribution < 1.29 is 19.1 Å². The fourth-order valence-corrected chi connectivity index (χ4v) is 5.50. The van der Waals surface area contributed by atoms with Gasteiger partial charge in [-0.3, -0.25) is 9.59 Å². The van der Waals surface area contributed by atoms with Gasteiger partial charge in [0.2, 0.25) is 5.91 Å². The average molecular weight is 476 g/mol. The molecule has 0 saturated carbocycles. The Labute approximate surface area is 206 Å². The average Bonchev–Trinajstić information content (AvgIpc) is 2.98. The van der Waals surface area contributed by atoms with Gasteiger partial charge in [-0.1, -0.05) is 44.2 Å². The lowest BCUT2D eigenvalue weighted by Gasteiger charge is -2.39. The number of carbonyl (C=O) groups is 2. The highest BCUT2D eigenvalue weighted by atomic mass is 16.5. The summed E-state index contributed by atoms with van der Waals surface area (Å²) in [6.07, 6.45) is 1.21. The van der Waals surface area contributed by atoms with Gasteiger partial charge in [-0.25, -0.2) is 0 Å². The number of allylic oxidation sites excluding steroid dienone is 1. The Morgan fingerprint density at radius 3 is 2.57 bits per heavy atom. The maximum Gasteiger partial charge on any atom is 0.242 e. The molecule has 1 amide bonds. The van der Waals surface area contributed by atoms with Crippen molar-refractivity contribution in [2.45, 2.75) is 32.7 Å². The predicted octanol–water partition coefficient (Wildman–Crippen LogP) is 4.17. The van der Waals surface area contributed by atoms with E-state index in [0.717, 1.165) is 34.6 Å². The van der Waals surface area contributed by atoms with Gasteiger partial charge in [0.25, 0.3) is 0 Å². The minimum atomic E-state index is -0.453. The number of nitrogens with zero attached hydrogens (tertiary/aromatic N) is 2. The molecular formula is C28H33N3O4. The van der Waals surface area contributed by atoms with E-state index in [-0.39, 0.29) is 23.7 Å². The van der Waals surface area contributed by atoms with E-state index in [4.69, 9.17) is 9.47 Å². The number of nitrogens with one attached hydrogen (secondary N) is 1. The quantitative estimate of drug-likeness (QED) is 0.716. The number of amides is 1. The van der Waals surface area contributed by atoms with E-state index in [1.165, 1.54) is 0 Å². The first-order valence-electron chi connectivity index (χ1n) is 12.3. The number of rotatable bonds is 4. The van der Waals surface area contributed by atoms with E-state index >= 15 is 0 Å². The molecule has 1 aliphatic carbocycles. The van der Waals surface area contributed by atoms with Crippen molar-refractivity contribution in [1.82, 2.24) is 4.90 Å². The van der Waals surface area contributed by atoms with Crippen LogP contribution in [0.3, 0.4) is 0 Å². The van der Waals surface area contributed by atoms with Crippen LogP contribution in [0.1, 0.15) is 38.3 Å². The highest BCUT2D eigenvalue weighted by Crippen LogP contribution is 2.49. The predicted molar refractivity (Wildman–Crippen MR) is 136 cm³/mol. The number of morpholine rings is 1. The number of hydrogen-bond acceptors (Lipinski definition) is 6. The molecular weight excluding hydrogens is 442 g/mol. The van der Waals surface area contributed by atoms with E-state index in [9.17, 15) is 9.59 Å². The summed E-state index contributed by atoms with van der Waals surface area (Å²) in [6.45, 7) is 6.65. The highest BCUT2D eigenvalue weighted by Gasteiger charge is 2.43. The van der Waals surface area contributed by atoms with E-state index in [1.54, 1.807) is 7.11 Å². The molecule has 7 heteroatoms. The summed E-state index contributed by atoms with van der Waals surface area (Å²) in [5, 5.41) is 3.60. The zero-order valence-electron chi connectivity index (χ0n) is 20.7. The lowest BCUT2D eigenvalue weighted by Crippen LogP contribution is -2.47. The molecule has 35 heavy (non-hydrogen) atoms. The van der Waals surface area contributed by atoms with Crippen molar-refractivity contribution in [3.8, 4) is 5.75 Å². The molecule has 2 aromatic carbocycles. The third-order valence-corrected chi connectivity index (χ3v) is 7.11. The Hall–Kier alpha value is -3.32. The smallest absolute Gasteiger partial charge is 0.242 e. The number of Topliss-reactive ketones (excluding diaryl/α,β-unsaturated/α-hetero) is 1. The number of ketones is 1. The number of anilines is 2. The Kier molecular flexibility index (Phi) is 6.28. The van der Waals surface area contributed by atoms with Crippen LogP contribution in [0.5, 0.6) is 5.75 Å². The maximum atomic E-state index is 13.8. The summed E-state index contributed by atoms with van der Waals surface area (Å²) >= 11 is 0. The van der Waals surface area contributed by atoms with Gasteiger partial charge in [0.05, 0.1) is 44.3 Å². The Bertz CT molecular complexity index is 1170. The molecule has 0 bridgehead atoms. The van der Waals surface area contributed by atoms with E-state index in [1.807, 2.05) is 53.4 Å². The van der Waals surface area contributed by atoms with Crippen LogP contribution in [0.15, 0.2) is 59.8 Å². The second kappa shape index (κ2) is 9.38. The number of fused-ring (bicyclic) bond motifs is 1. The van der Waals surface area contributed by atoms with Crippen molar-refractivity contribution in [2.24, 2.45) is 5.41 Å². The van der Waals surface area contributed by atoms with E-state index < -0.39 is 6.04 Å². The van der Waals surface area contributed by atoms with Crippen LogP contribution in [0.25, 0.3) is 0 Å². The molecule has 184 valence electrons. The molecule has 5 rings (SSSR count). The summed E-state index contributed by atoms with van der Waals surface area (Å²) in [5.74, 6) is 0.831. The molecule has 1 atom stereocenters. The van der Waals surface area contributed by atoms with Gasteiger partial charge in [-0.05, 0) is 30.0 Å². The van der Waals surface area contributed by atoms with Crippen LogP contribution < -0.4 is 15.0 Å². The standard InChI is InChI=1S/C28H33N3O4/c1-28(2)16-21-26(23(32)17-28)27(19-8-4-7-11-24(19)34-3)31(22-10-6-5-9-20(22)29-21)18-25(33)30-12-14-35-15-13-30/h4-11,27,29H,12-18H2,1-3H3. The van der Waals surface area contributed by atoms with Gasteiger partial charge in [0.1, 0.15) is 5.75 Å². The monoisotopic (exact) mass is 475 g/mol. The first kappa shape index (κ1) is 23.4.